The molecule has 0 unspecified atom stereocenters. The molecule has 7 nitrogen and oxygen atoms in total. The molecule has 29 heavy (non-hydrogen) atoms. The third kappa shape index (κ3) is 3.54. The molecule has 0 saturated heterocycles. The molecule has 2 aromatic heterocycles. The van der Waals surface area contributed by atoms with Gasteiger partial charge in [0.2, 0.25) is 0 Å². The molecule has 0 aliphatic heterocycles. The van der Waals surface area contributed by atoms with Crippen LogP contribution in [0.25, 0.3) is 21.2 Å². The molecule has 8 heteroatoms. The van der Waals surface area contributed by atoms with E-state index in [1.807, 2.05) is 37.3 Å². The number of rotatable bonds is 4. The van der Waals surface area contributed by atoms with Crippen LogP contribution in [-0.2, 0) is 16.1 Å². The molecule has 148 valence electrons. The predicted molar refractivity (Wildman–Crippen MR) is 109 cm³/mol. The Balaban J connectivity index is 1.83. The van der Waals surface area contributed by atoms with Gasteiger partial charge in [0, 0.05) is 5.39 Å². The molecule has 2 heterocycles. The van der Waals surface area contributed by atoms with Crippen LogP contribution in [0.2, 0.25) is 0 Å². The van der Waals surface area contributed by atoms with Gasteiger partial charge in [-0.25, -0.2) is 0 Å². The molecule has 0 saturated carbocycles. The maximum atomic E-state index is 12.8. The van der Waals surface area contributed by atoms with Crippen molar-refractivity contribution >= 4 is 44.4 Å². The Morgan fingerprint density at radius 2 is 2.00 bits per heavy atom. The summed E-state index contributed by atoms with van der Waals surface area (Å²) in [7, 11) is 2.86. The standard InChI is InChI=1S/C21H18N2O5S/c1-12-7-8-14-17(9-12)29-21(23(14)11-18(24)27-3)22-20(25)16-10-13-5-4-6-15(26-2)19(13)28-16/h4-10H,11H2,1-3H3. The van der Waals surface area contributed by atoms with E-state index in [9.17, 15) is 9.59 Å². The van der Waals surface area contributed by atoms with Gasteiger partial charge in [0.25, 0.3) is 0 Å². The Morgan fingerprint density at radius 1 is 1.17 bits per heavy atom. The molecule has 0 aliphatic rings. The van der Waals surface area contributed by atoms with Gasteiger partial charge in [-0.15, -0.1) is 0 Å². The molecule has 0 spiro atoms. The van der Waals surface area contributed by atoms with Gasteiger partial charge in [-0.1, -0.05) is 29.5 Å². The third-order valence-electron chi connectivity index (χ3n) is 4.49. The topological polar surface area (TPSA) is 83.0 Å². The monoisotopic (exact) mass is 410 g/mol. The highest BCUT2D eigenvalue weighted by molar-refractivity contribution is 7.16. The number of aromatic nitrogens is 1. The number of thiazole rings is 1. The first-order valence-electron chi connectivity index (χ1n) is 8.82. The Hall–Kier alpha value is -3.39. The summed E-state index contributed by atoms with van der Waals surface area (Å²) in [5.74, 6) is -0.319. The summed E-state index contributed by atoms with van der Waals surface area (Å²) in [6.07, 6.45) is 0. The molecule has 4 aromatic rings. The van der Waals surface area contributed by atoms with Crippen molar-refractivity contribution in [3.63, 3.8) is 0 Å². The van der Waals surface area contributed by atoms with E-state index in [0.717, 1.165) is 21.2 Å². The Bertz CT molecular complexity index is 1310. The van der Waals surface area contributed by atoms with Crippen LogP contribution in [0.4, 0.5) is 0 Å². The predicted octanol–water partition coefficient (Wildman–Crippen LogP) is 3.68. The largest absolute Gasteiger partial charge is 0.493 e. The molecule has 0 atom stereocenters. The summed E-state index contributed by atoms with van der Waals surface area (Å²) in [5.41, 5.74) is 2.37. The number of esters is 1. The maximum Gasteiger partial charge on any atom is 0.325 e. The molecule has 0 aliphatic carbocycles. The SMILES string of the molecule is COC(=O)Cn1c(=NC(=O)c2cc3cccc(OC)c3o2)sc2cc(C)ccc21. The molecular weight excluding hydrogens is 392 g/mol. The van der Waals surface area contributed by atoms with Crippen molar-refractivity contribution in [3.05, 3.63) is 58.6 Å². The number of hydrogen-bond acceptors (Lipinski definition) is 6. The van der Waals surface area contributed by atoms with E-state index in [-0.39, 0.29) is 12.3 Å². The summed E-state index contributed by atoms with van der Waals surface area (Å²) >= 11 is 1.33. The number of fused-ring (bicyclic) bond motifs is 2. The lowest BCUT2D eigenvalue weighted by atomic mass is 10.2. The van der Waals surface area contributed by atoms with Crippen LogP contribution in [0, 0.1) is 6.92 Å². The minimum atomic E-state index is -0.537. The van der Waals surface area contributed by atoms with Gasteiger partial charge in [-0.3, -0.25) is 9.59 Å². The quantitative estimate of drug-likeness (QED) is 0.479. The fraction of sp³-hybridized carbons (Fsp3) is 0.190. The normalized spacial score (nSPS) is 11.9. The van der Waals surface area contributed by atoms with Crippen LogP contribution < -0.4 is 9.54 Å². The van der Waals surface area contributed by atoms with Crippen molar-refractivity contribution in [2.24, 2.45) is 4.99 Å². The van der Waals surface area contributed by atoms with E-state index >= 15 is 0 Å². The number of amides is 1. The molecule has 2 aromatic carbocycles. The number of furan rings is 1. The molecule has 0 radical (unpaired) electrons. The molecule has 4 rings (SSSR count). The van der Waals surface area contributed by atoms with Crippen molar-refractivity contribution in [2.75, 3.05) is 14.2 Å². The number of nitrogens with zero attached hydrogens (tertiary/aromatic N) is 2. The number of methoxy groups -OCH3 is 2. The maximum absolute atomic E-state index is 12.8. The van der Waals surface area contributed by atoms with Crippen LogP contribution in [0.1, 0.15) is 16.1 Å². The minimum Gasteiger partial charge on any atom is -0.493 e. The summed E-state index contributed by atoms with van der Waals surface area (Å²) < 4.78 is 18.4. The van der Waals surface area contributed by atoms with Gasteiger partial charge in [-0.05, 0) is 36.8 Å². The highest BCUT2D eigenvalue weighted by atomic mass is 32.1. The van der Waals surface area contributed by atoms with Crippen LogP contribution in [0.15, 0.2) is 51.9 Å². The zero-order valence-corrected chi connectivity index (χ0v) is 16.9. The van der Waals surface area contributed by atoms with Gasteiger partial charge in [0.15, 0.2) is 21.9 Å². The molecule has 1 amide bonds. The molecular formula is C21H18N2O5S. The lowest BCUT2D eigenvalue weighted by Gasteiger charge is -2.03. The van der Waals surface area contributed by atoms with E-state index in [1.54, 1.807) is 16.7 Å². The van der Waals surface area contributed by atoms with Crippen molar-refractivity contribution in [3.8, 4) is 5.75 Å². The number of para-hydroxylation sites is 1. The summed E-state index contributed by atoms with van der Waals surface area (Å²) in [6.45, 7) is 1.94. The number of hydrogen-bond donors (Lipinski definition) is 0. The highest BCUT2D eigenvalue weighted by Gasteiger charge is 2.16. The van der Waals surface area contributed by atoms with Gasteiger partial charge in [-0.2, -0.15) is 4.99 Å². The second-order valence-electron chi connectivity index (χ2n) is 6.42. The zero-order chi connectivity index (χ0) is 20.5. The van der Waals surface area contributed by atoms with Crippen LogP contribution in [-0.4, -0.2) is 30.7 Å². The van der Waals surface area contributed by atoms with E-state index in [2.05, 4.69) is 4.99 Å². The minimum absolute atomic E-state index is 0.0420. The van der Waals surface area contributed by atoms with Gasteiger partial charge < -0.3 is 18.5 Å². The molecule has 0 fully saturated rings. The van der Waals surface area contributed by atoms with Crippen LogP contribution in [0.3, 0.4) is 0 Å². The second kappa shape index (κ2) is 7.56. The number of carbonyl (C=O) groups is 2. The Morgan fingerprint density at radius 3 is 2.76 bits per heavy atom. The second-order valence-corrected chi connectivity index (χ2v) is 7.43. The third-order valence-corrected chi connectivity index (χ3v) is 5.53. The Kier molecular flexibility index (Phi) is 4.94. The van der Waals surface area contributed by atoms with E-state index in [0.29, 0.717) is 16.1 Å². The van der Waals surface area contributed by atoms with Gasteiger partial charge in [0.05, 0.1) is 24.4 Å². The smallest absolute Gasteiger partial charge is 0.325 e. The summed E-state index contributed by atoms with van der Waals surface area (Å²) in [6, 6.07) is 12.9. The fourth-order valence-electron chi connectivity index (χ4n) is 3.06. The van der Waals surface area contributed by atoms with Crippen LogP contribution in [0.5, 0.6) is 5.75 Å². The first kappa shape index (κ1) is 18.9. The summed E-state index contributed by atoms with van der Waals surface area (Å²) in [5, 5.41) is 0.748. The van der Waals surface area contributed by atoms with Crippen molar-refractivity contribution in [2.45, 2.75) is 13.5 Å². The number of carbonyl (C=O) groups excluding carboxylic acids is 2. The number of benzene rings is 2. The van der Waals surface area contributed by atoms with E-state index < -0.39 is 11.9 Å². The van der Waals surface area contributed by atoms with Crippen molar-refractivity contribution in [1.29, 1.82) is 0 Å². The van der Waals surface area contributed by atoms with Crippen molar-refractivity contribution < 1.29 is 23.5 Å². The zero-order valence-electron chi connectivity index (χ0n) is 16.1. The average molecular weight is 410 g/mol. The first-order chi connectivity index (χ1) is 14.0. The van der Waals surface area contributed by atoms with Gasteiger partial charge in [0.1, 0.15) is 6.54 Å². The van der Waals surface area contributed by atoms with Gasteiger partial charge >= 0.3 is 11.9 Å². The average Bonchev–Trinajstić information content (AvgIpc) is 3.29. The molecule has 0 N–H and O–H groups in total. The lowest BCUT2D eigenvalue weighted by molar-refractivity contribution is -0.141. The fourth-order valence-corrected chi connectivity index (χ4v) is 4.18. The number of ether oxygens (including phenoxy) is 2. The van der Waals surface area contributed by atoms with E-state index in [4.69, 9.17) is 13.9 Å². The highest BCUT2D eigenvalue weighted by Crippen LogP contribution is 2.28. The van der Waals surface area contributed by atoms with Crippen LogP contribution >= 0.6 is 11.3 Å². The summed E-state index contributed by atoms with van der Waals surface area (Å²) in [4.78, 5) is 29.3. The Labute approximate surface area is 169 Å². The molecule has 0 bridgehead atoms. The van der Waals surface area contributed by atoms with E-state index in [1.165, 1.54) is 25.6 Å². The van der Waals surface area contributed by atoms with Crippen molar-refractivity contribution in [1.82, 2.24) is 4.57 Å². The lowest BCUT2D eigenvalue weighted by Crippen LogP contribution is -2.22. The first-order valence-corrected chi connectivity index (χ1v) is 9.64. The number of aryl methyl sites for hydroxylation is 1.